The summed E-state index contributed by atoms with van der Waals surface area (Å²) in [5.74, 6) is -1.61. The van der Waals surface area contributed by atoms with E-state index in [4.69, 9.17) is 0 Å². The molecule has 0 bridgehead atoms. The highest BCUT2D eigenvalue weighted by Crippen LogP contribution is 2.39. The molecule has 0 aromatic rings. The molecule has 10 heteroatoms. The van der Waals surface area contributed by atoms with E-state index in [9.17, 15) is 34.8 Å². The first-order valence-corrected chi connectivity index (χ1v) is 6.40. The molecule has 1 fully saturated rings. The lowest BCUT2D eigenvalue weighted by Gasteiger charge is -2.29. The van der Waals surface area contributed by atoms with Gasteiger partial charge in [0.2, 0.25) is 0 Å². The molecule has 1 aliphatic rings. The number of hydrogen-bond donors (Lipinski definition) is 0. The molecular weight excluding hydrogens is 290 g/mol. The van der Waals surface area contributed by atoms with Gasteiger partial charge < -0.3 is 0 Å². The fourth-order valence-corrected chi connectivity index (χ4v) is 2.38. The third kappa shape index (κ3) is 3.74. The predicted molar refractivity (Wildman–Crippen MR) is 47.9 cm³/mol. The summed E-state index contributed by atoms with van der Waals surface area (Å²) in [6, 6.07) is 0. The second kappa shape index (κ2) is 4.87. The normalized spacial score (nSPS) is 27.2. The van der Waals surface area contributed by atoms with E-state index in [1.165, 1.54) is 0 Å². The van der Waals surface area contributed by atoms with Crippen LogP contribution in [-0.2, 0) is 14.3 Å². The van der Waals surface area contributed by atoms with Crippen LogP contribution < -0.4 is 0 Å². The van der Waals surface area contributed by atoms with Crippen molar-refractivity contribution in [1.29, 1.82) is 0 Å². The SMILES string of the molecule is O=S(=O)(OC1CCC(C(F)(F)F)CC1)C(F)(F)F. The quantitative estimate of drug-likeness (QED) is 0.447. The van der Waals surface area contributed by atoms with Gasteiger partial charge in [0.25, 0.3) is 0 Å². The minimum atomic E-state index is -5.73. The predicted octanol–water partition coefficient (Wildman–Crippen LogP) is 2.97. The molecule has 18 heavy (non-hydrogen) atoms. The molecule has 1 saturated carbocycles. The minimum Gasteiger partial charge on any atom is -0.260 e. The van der Waals surface area contributed by atoms with Crippen LogP contribution >= 0.6 is 0 Å². The molecule has 0 N–H and O–H groups in total. The van der Waals surface area contributed by atoms with E-state index in [-0.39, 0.29) is 12.8 Å². The Morgan fingerprint density at radius 1 is 0.889 bits per heavy atom. The molecular formula is C8H10F6O3S. The molecule has 0 saturated heterocycles. The van der Waals surface area contributed by atoms with Crippen molar-refractivity contribution in [3.8, 4) is 0 Å². The van der Waals surface area contributed by atoms with Gasteiger partial charge in [-0.15, -0.1) is 0 Å². The fourth-order valence-electron chi connectivity index (χ4n) is 1.72. The Bertz CT molecular complexity index is 377. The summed E-state index contributed by atoms with van der Waals surface area (Å²) in [5, 5.41) is 0. The molecule has 0 aliphatic heterocycles. The zero-order valence-corrected chi connectivity index (χ0v) is 9.70. The van der Waals surface area contributed by atoms with Crippen LogP contribution in [0, 0.1) is 5.92 Å². The van der Waals surface area contributed by atoms with Gasteiger partial charge in [-0.25, -0.2) is 0 Å². The molecule has 1 aliphatic carbocycles. The summed E-state index contributed by atoms with van der Waals surface area (Å²) in [6.45, 7) is 0. The van der Waals surface area contributed by atoms with Crippen LogP contribution in [0.1, 0.15) is 25.7 Å². The summed E-state index contributed by atoms with van der Waals surface area (Å²) in [7, 11) is -5.73. The van der Waals surface area contributed by atoms with E-state index >= 15 is 0 Å². The Balaban J connectivity index is 2.56. The smallest absolute Gasteiger partial charge is 0.260 e. The van der Waals surface area contributed by atoms with Gasteiger partial charge in [-0.05, 0) is 25.7 Å². The monoisotopic (exact) mass is 300 g/mol. The largest absolute Gasteiger partial charge is 0.523 e. The van der Waals surface area contributed by atoms with Gasteiger partial charge >= 0.3 is 21.8 Å². The van der Waals surface area contributed by atoms with Gasteiger partial charge in [0.05, 0.1) is 12.0 Å². The highest BCUT2D eigenvalue weighted by molar-refractivity contribution is 7.87. The van der Waals surface area contributed by atoms with Crippen molar-refractivity contribution in [2.75, 3.05) is 0 Å². The van der Waals surface area contributed by atoms with Gasteiger partial charge in [-0.1, -0.05) is 0 Å². The lowest BCUT2D eigenvalue weighted by Crippen LogP contribution is -2.35. The van der Waals surface area contributed by atoms with Crippen LogP contribution in [0.15, 0.2) is 0 Å². The number of alkyl halides is 6. The summed E-state index contributed by atoms with van der Waals surface area (Å²) < 4.78 is 97.8. The molecule has 3 nitrogen and oxygen atoms in total. The van der Waals surface area contributed by atoms with Crippen molar-refractivity contribution < 1.29 is 38.9 Å². The Hall–Kier alpha value is -0.510. The number of halogens is 6. The van der Waals surface area contributed by atoms with Crippen LogP contribution in [0.25, 0.3) is 0 Å². The molecule has 0 amide bonds. The molecule has 0 atom stereocenters. The summed E-state index contributed by atoms with van der Waals surface area (Å²) in [5.41, 5.74) is -5.55. The van der Waals surface area contributed by atoms with Crippen LogP contribution in [0.2, 0.25) is 0 Å². The molecule has 0 aromatic heterocycles. The molecule has 1 rings (SSSR count). The van der Waals surface area contributed by atoms with Crippen LogP contribution in [0.5, 0.6) is 0 Å². The zero-order chi connectivity index (χ0) is 14.2. The zero-order valence-electron chi connectivity index (χ0n) is 8.88. The Morgan fingerprint density at radius 2 is 1.33 bits per heavy atom. The molecule has 0 unspecified atom stereocenters. The Labute approximate surface area is 99.2 Å². The lowest BCUT2D eigenvalue weighted by atomic mass is 9.87. The fraction of sp³-hybridized carbons (Fsp3) is 1.00. The Kier molecular flexibility index (Phi) is 4.21. The second-order valence-electron chi connectivity index (χ2n) is 4.01. The van der Waals surface area contributed by atoms with Gasteiger partial charge in [0, 0.05) is 0 Å². The van der Waals surface area contributed by atoms with Gasteiger partial charge in [-0.2, -0.15) is 34.8 Å². The Morgan fingerprint density at radius 3 is 1.67 bits per heavy atom. The maximum absolute atomic E-state index is 12.3. The molecule has 0 heterocycles. The van der Waals surface area contributed by atoms with Gasteiger partial charge in [0.15, 0.2) is 0 Å². The van der Waals surface area contributed by atoms with Gasteiger partial charge in [-0.3, -0.25) is 4.18 Å². The first kappa shape index (κ1) is 15.5. The van der Waals surface area contributed by atoms with E-state index in [1.54, 1.807) is 0 Å². The van der Waals surface area contributed by atoms with Crippen molar-refractivity contribution in [3.05, 3.63) is 0 Å². The van der Waals surface area contributed by atoms with E-state index in [2.05, 4.69) is 4.18 Å². The standard InChI is InChI=1S/C8H10F6O3S/c9-7(10,11)5-1-3-6(4-2-5)17-18(15,16)8(12,13)14/h5-6H,1-4H2. The highest BCUT2D eigenvalue weighted by Gasteiger charge is 2.49. The summed E-state index contributed by atoms with van der Waals surface area (Å²) in [6.07, 6.45) is -7.33. The van der Waals surface area contributed by atoms with E-state index in [0.717, 1.165) is 0 Å². The van der Waals surface area contributed by atoms with Crippen molar-refractivity contribution in [1.82, 2.24) is 0 Å². The molecule has 0 spiro atoms. The van der Waals surface area contributed by atoms with E-state index in [1.807, 2.05) is 0 Å². The van der Waals surface area contributed by atoms with Crippen molar-refractivity contribution in [2.24, 2.45) is 5.92 Å². The van der Waals surface area contributed by atoms with E-state index in [0.29, 0.717) is 0 Å². The third-order valence-corrected chi connectivity index (χ3v) is 3.78. The molecule has 0 radical (unpaired) electrons. The maximum atomic E-state index is 12.3. The lowest BCUT2D eigenvalue weighted by molar-refractivity contribution is -0.185. The topological polar surface area (TPSA) is 43.4 Å². The van der Waals surface area contributed by atoms with E-state index < -0.39 is 46.7 Å². The molecule has 0 aromatic carbocycles. The second-order valence-corrected chi connectivity index (χ2v) is 5.57. The van der Waals surface area contributed by atoms with Crippen LogP contribution in [0.4, 0.5) is 26.3 Å². The van der Waals surface area contributed by atoms with Crippen LogP contribution in [0.3, 0.4) is 0 Å². The third-order valence-electron chi connectivity index (χ3n) is 2.68. The number of rotatable bonds is 2. The van der Waals surface area contributed by atoms with Crippen molar-refractivity contribution in [2.45, 2.75) is 43.5 Å². The minimum absolute atomic E-state index is 0.362. The summed E-state index contributed by atoms with van der Waals surface area (Å²) >= 11 is 0. The average Bonchev–Trinajstić information content (AvgIpc) is 2.14. The van der Waals surface area contributed by atoms with Gasteiger partial charge in [0.1, 0.15) is 0 Å². The first-order valence-electron chi connectivity index (χ1n) is 5.00. The average molecular weight is 300 g/mol. The summed E-state index contributed by atoms with van der Waals surface area (Å²) in [4.78, 5) is 0. The van der Waals surface area contributed by atoms with Crippen molar-refractivity contribution in [3.63, 3.8) is 0 Å². The van der Waals surface area contributed by atoms with Crippen molar-refractivity contribution >= 4 is 10.1 Å². The highest BCUT2D eigenvalue weighted by atomic mass is 32.2. The maximum Gasteiger partial charge on any atom is 0.523 e. The number of hydrogen-bond acceptors (Lipinski definition) is 3. The van der Waals surface area contributed by atoms with Crippen LogP contribution in [-0.4, -0.2) is 26.2 Å². The first-order chi connectivity index (χ1) is 7.93. The molecule has 108 valence electrons.